The Morgan fingerprint density at radius 1 is 0.950 bits per heavy atom. The highest BCUT2D eigenvalue weighted by molar-refractivity contribution is 8.00. The molecule has 1 atom stereocenters. The lowest BCUT2D eigenvalue weighted by Gasteiger charge is -2.31. The molecule has 0 bridgehead atoms. The van der Waals surface area contributed by atoms with Gasteiger partial charge in [0.2, 0.25) is 11.8 Å². The van der Waals surface area contributed by atoms with Crippen LogP contribution in [0.3, 0.4) is 0 Å². The number of amides is 2. The van der Waals surface area contributed by atoms with Crippen molar-refractivity contribution in [1.82, 2.24) is 9.80 Å². The molecule has 2 amide bonds. The van der Waals surface area contributed by atoms with Crippen molar-refractivity contribution in [2.75, 3.05) is 37.7 Å². The second kappa shape index (κ2) is 7.88. The lowest BCUT2D eigenvalue weighted by Crippen LogP contribution is -2.46. The van der Waals surface area contributed by atoms with Crippen molar-refractivity contribution in [2.24, 2.45) is 5.73 Å². The van der Waals surface area contributed by atoms with Crippen LogP contribution in [0.5, 0.6) is 0 Å². The Labute approximate surface area is 125 Å². The van der Waals surface area contributed by atoms with Gasteiger partial charge in [0.1, 0.15) is 0 Å². The van der Waals surface area contributed by atoms with Gasteiger partial charge in [0.25, 0.3) is 0 Å². The van der Waals surface area contributed by atoms with E-state index < -0.39 is 0 Å². The van der Waals surface area contributed by atoms with E-state index in [0.29, 0.717) is 18.1 Å². The molecule has 2 fully saturated rings. The number of nitrogens with zero attached hydrogens (tertiary/aromatic N) is 2. The van der Waals surface area contributed by atoms with E-state index in [4.69, 9.17) is 5.73 Å². The van der Waals surface area contributed by atoms with Crippen LogP contribution in [0.4, 0.5) is 0 Å². The Balaban J connectivity index is 1.64. The summed E-state index contributed by atoms with van der Waals surface area (Å²) in [6.45, 7) is 3.25. The molecule has 2 rings (SSSR count). The highest BCUT2D eigenvalue weighted by Gasteiger charge is 2.22. The van der Waals surface area contributed by atoms with Gasteiger partial charge in [-0.3, -0.25) is 9.59 Å². The number of piperidine rings is 2. The number of nitrogens with two attached hydrogens (primary N) is 1. The molecule has 1 unspecified atom stereocenters. The fourth-order valence-corrected chi connectivity index (χ4v) is 3.60. The Hall–Kier alpha value is -0.750. The maximum Gasteiger partial charge on any atom is 0.232 e. The molecule has 2 aliphatic rings. The zero-order chi connectivity index (χ0) is 14.4. The standard InChI is InChI=1S/C14H25N3O2S/c15-12-5-4-8-17(9-12)14(19)11-20-10-13(18)16-6-2-1-3-7-16/h12H,1-11,15H2. The van der Waals surface area contributed by atoms with Crippen LogP contribution in [0.15, 0.2) is 0 Å². The summed E-state index contributed by atoms with van der Waals surface area (Å²) < 4.78 is 0. The van der Waals surface area contributed by atoms with Gasteiger partial charge >= 0.3 is 0 Å². The molecule has 20 heavy (non-hydrogen) atoms. The van der Waals surface area contributed by atoms with E-state index in [9.17, 15) is 9.59 Å². The van der Waals surface area contributed by atoms with E-state index >= 15 is 0 Å². The zero-order valence-corrected chi connectivity index (χ0v) is 12.9. The molecule has 2 saturated heterocycles. The summed E-state index contributed by atoms with van der Waals surface area (Å²) >= 11 is 1.43. The second-order valence-corrected chi connectivity index (χ2v) is 6.66. The molecule has 0 saturated carbocycles. The molecule has 0 aliphatic carbocycles. The monoisotopic (exact) mass is 299 g/mol. The summed E-state index contributed by atoms with van der Waals surface area (Å²) in [4.78, 5) is 27.8. The molecule has 2 N–H and O–H groups in total. The van der Waals surface area contributed by atoms with Crippen LogP contribution in [0.2, 0.25) is 0 Å². The number of thioether (sulfide) groups is 1. The van der Waals surface area contributed by atoms with Gasteiger partial charge in [-0.05, 0) is 32.1 Å². The lowest BCUT2D eigenvalue weighted by molar-refractivity contribution is -0.129. The van der Waals surface area contributed by atoms with Crippen LogP contribution in [0.1, 0.15) is 32.1 Å². The fraction of sp³-hybridized carbons (Fsp3) is 0.857. The van der Waals surface area contributed by atoms with Crippen molar-refractivity contribution in [3.05, 3.63) is 0 Å². The molecular weight excluding hydrogens is 274 g/mol. The number of hydrogen-bond acceptors (Lipinski definition) is 4. The average molecular weight is 299 g/mol. The van der Waals surface area contributed by atoms with Crippen LogP contribution >= 0.6 is 11.8 Å². The summed E-state index contributed by atoms with van der Waals surface area (Å²) in [7, 11) is 0. The topological polar surface area (TPSA) is 66.6 Å². The number of carbonyl (C=O) groups excluding carboxylic acids is 2. The molecule has 114 valence electrons. The normalized spacial score (nSPS) is 23.8. The van der Waals surface area contributed by atoms with Crippen molar-refractivity contribution >= 4 is 23.6 Å². The number of likely N-dealkylation sites (tertiary alicyclic amines) is 2. The summed E-state index contributed by atoms with van der Waals surface area (Å²) in [6.07, 6.45) is 5.45. The molecule has 0 spiro atoms. The van der Waals surface area contributed by atoms with E-state index in [2.05, 4.69) is 0 Å². The predicted molar refractivity (Wildman–Crippen MR) is 81.5 cm³/mol. The van der Waals surface area contributed by atoms with Gasteiger partial charge in [-0.15, -0.1) is 11.8 Å². The third-order valence-electron chi connectivity index (χ3n) is 3.97. The third-order valence-corrected chi connectivity index (χ3v) is 4.87. The highest BCUT2D eigenvalue weighted by atomic mass is 32.2. The maximum absolute atomic E-state index is 12.0. The molecule has 6 heteroatoms. The van der Waals surface area contributed by atoms with Crippen LogP contribution < -0.4 is 5.73 Å². The van der Waals surface area contributed by atoms with Crippen LogP contribution in [0, 0.1) is 0 Å². The first-order valence-corrected chi connectivity index (χ1v) is 8.71. The highest BCUT2D eigenvalue weighted by Crippen LogP contribution is 2.13. The van der Waals surface area contributed by atoms with Gasteiger partial charge in [-0.25, -0.2) is 0 Å². The summed E-state index contributed by atoms with van der Waals surface area (Å²) in [5.41, 5.74) is 5.88. The number of hydrogen-bond donors (Lipinski definition) is 1. The van der Waals surface area contributed by atoms with Crippen LogP contribution in [-0.4, -0.2) is 65.3 Å². The molecule has 0 aromatic carbocycles. The minimum atomic E-state index is 0.118. The molecule has 2 heterocycles. The van der Waals surface area contributed by atoms with E-state index in [1.165, 1.54) is 18.2 Å². The van der Waals surface area contributed by atoms with E-state index in [-0.39, 0.29) is 17.9 Å². The molecule has 0 radical (unpaired) electrons. The Bertz CT molecular complexity index is 345. The first-order chi connectivity index (χ1) is 9.66. The maximum atomic E-state index is 12.0. The minimum Gasteiger partial charge on any atom is -0.342 e. The zero-order valence-electron chi connectivity index (χ0n) is 12.1. The molecule has 2 aliphatic heterocycles. The largest absolute Gasteiger partial charge is 0.342 e. The average Bonchev–Trinajstić information content (AvgIpc) is 2.48. The second-order valence-electron chi connectivity index (χ2n) is 5.68. The Morgan fingerprint density at radius 2 is 1.55 bits per heavy atom. The van der Waals surface area contributed by atoms with Crippen molar-refractivity contribution < 1.29 is 9.59 Å². The van der Waals surface area contributed by atoms with Crippen molar-refractivity contribution in [3.8, 4) is 0 Å². The minimum absolute atomic E-state index is 0.118. The van der Waals surface area contributed by atoms with Gasteiger partial charge < -0.3 is 15.5 Å². The third kappa shape index (κ3) is 4.66. The lowest BCUT2D eigenvalue weighted by atomic mass is 10.1. The van der Waals surface area contributed by atoms with Crippen LogP contribution in [-0.2, 0) is 9.59 Å². The molecule has 5 nitrogen and oxygen atoms in total. The number of carbonyl (C=O) groups is 2. The summed E-state index contributed by atoms with van der Waals surface area (Å²) in [6, 6.07) is 0.118. The number of rotatable bonds is 4. The van der Waals surface area contributed by atoms with E-state index in [1.54, 1.807) is 0 Å². The first-order valence-electron chi connectivity index (χ1n) is 7.55. The SMILES string of the molecule is NC1CCCN(C(=O)CSCC(=O)N2CCCCC2)C1. The molecular formula is C14H25N3O2S. The van der Waals surface area contributed by atoms with Crippen molar-refractivity contribution in [1.29, 1.82) is 0 Å². The Kier molecular flexibility index (Phi) is 6.16. The smallest absolute Gasteiger partial charge is 0.232 e. The quantitative estimate of drug-likeness (QED) is 0.829. The van der Waals surface area contributed by atoms with Gasteiger partial charge in [0.15, 0.2) is 0 Å². The van der Waals surface area contributed by atoms with Gasteiger partial charge in [0.05, 0.1) is 11.5 Å². The fourth-order valence-electron chi connectivity index (χ4n) is 2.79. The van der Waals surface area contributed by atoms with Crippen LogP contribution in [0.25, 0.3) is 0 Å². The molecule has 0 aromatic rings. The van der Waals surface area contributed by atoms with Gasteiger partial charge in [-0.2, -0.15) is 0 Å². The van der Waals surface area contributed by atoms with Crippen molar-refractivity contribution in [3.63, 3.8) is 0 Å². The first kappa shape index (κ1) is 15.6. The van der Waals surface area contributed by atoms with E-state index in [1.807, 2.05) is 9.80 Å². The van der Waals surface area contributed by atoms with Gasteiger partial charge in [-0.1, -0.05) is 0 Å². The molecule has 0 aromatic heterocycles. The van der Waals surface area contributed by atoms with Crippen molar-refractivity contribution in [2.45, 2.75) is 38.1 Å². The van der Waals surface area contributed by atoms with Gasteiger partial charge in [0, 0.05) is 32.2 Å². The predicted octanol–water partition coefficient (Wildman–Crippen LogP) is 0.682. The Morgan fingerprint density at radius 3 is 2.20 bits per heavy atom. The summed E-state index contributed by atoms with van der Waals surface area (Å²) in [5.74, 6) is 1.12. The summed E-state index contributed by atoms with van der Waals surface area (Å²) in [5, 5.41) is 0. The van der Waals surface area contributed by atoms with E-state index in [0.717, 1.165) is 45.3 Å².